The smallest absolute Gasteiger partial charge is 0.340 e. The van der Waals surface area contributed by atoms with E-state index in [1.165, 1.54) is 37.5 Å². The molecule has 0 aliphatic heterocycles. The summed E-state index contributed by atoms with van der Waals surface area (Å²) in [5.74, 6) is 0.661. The topological polar surface area (TPSA) is 90.1 Å². The van der Waals surface area contributed by atoms with Crippen LogP contribution in [0.4, 0.5) is 16.6 Å². The Kier molecular flexibility index (Phi) is 3.27. The summed E-state index contributed by atoms with van der Waals surface area (Å²) in [5.41, 5.74) is 7.42. The zero-order chi connectivity index (χ0) is 14.1. The minimum Gasteiger partial charge on any atom is -0.465 e. The Morgan fingerprint density at radius 1 is 1.55 bits per heavy atom. The Balaban J connectivity index is 1.80. The largest absolute Gasteiger partial charge is 0.465 e. The second-order valence-corrected chi connectivity index (χ2v) is 5.48. The predicted octanol–water partition coefficient (Wildman–Crippen LogP) is 2.53. The molecule has 0 bridgehead atoms. The first-order chi connectivity index (χ1) is 9.67. The molecule has 1 fully saturated rings. The van der Waals surface area contributed by atoms with Crippen molar-refractivity contribution in [2.24, 2.45) is 0 Å². The van der Waals surface area contributed by atoms with Gasteiger partial charge in [-0.05, 0) is 18.9 Å². The van der Waals surface area contributed by atoms with Crippen molar-refractivity contribution in [1.29, 1.82) is 0 Å². The van der Waals surface area contributed by atoms with Gasteiger partial charge in [0.2, 0.25) is 0 Å². The lowest BCUT2D eigenvalue weighted by Crippen LogP contribution is -2.07. The van der Waals surface area contributed by atoms with Crippen molar-refractivity contribution < 1.29 is 9.53 Å². The maximum atomic E-state index is 11.6. The normalized spacial score (nSPS) is 14.1. The van der Waals surface area contributed by atoms with Gasteiger partial charge in [0.15, 0.2) is 5.13 Å². The molecule has 0 spiro atoms. The summed E-state index contributed by atoms with van der Waals surface area (Å²) >= 11 is 1.53. The van der Waals surface area contributed by atoms with Crippen LogP contribution in [0.5, 0.6) is 0 Å². The van der Waals surface area contributed by atoms with E-state index in [0.29, 0.717) is 23.0 Å². The van der Waals surface area contributed by atoms with E-state index in [-0.39, 0.29) is 0 Å². The fourth-order valence-corrected chi connectivity index (χ4v) is 2.64. The Morgan fingerprint density at radius 3 is 3.05 bits per heavy atom. The summed E-state index contributed by atoms with van der Waals surface area (Å²) in [7, 11) is 1.32. The monoisotopic (exact) mass is 290 g/mol. The van der Waals surface area contributed by atoms with Crippen LogP contribution in [0.25, 0.3) is 0 Å². The Hall–Kier alpha value is -2.15. The van der Waals surface area contributed by atoms with E-state index in [0.717, 1.165) is 10.8 Å². The van der Waals surface area contributed by atoms with Crippen LogP contribution in [0.2, 0.25) is 0 Å². The number of nitrogens with zero attached hydrogens (tertiary/aromatic N) is 2. The summed E-state index contributed by atoms with van der Waals surface area (Å²) in [5, 5.41) is 5.90. The highest BCUT2D eigenvalue weighted by atomic mass is 32.1. The molecule has 7 heteroatoms. The zero-order valence-electron chi connectivity index (χ0n) is 10.9. The van der Waals surface area contributed by atoms with Gasteiger partial charge in [-0.1, -0.05) is 0 Å². The Bertz CT molecular complexity index is 652. The van der Waals surface area contributed by atoms with Gasteiger partial charge in [0.05, 0.1) is 30.3 Å². The number of carbonyl (C=O) groups excluding carboxylic acids is 1. The minimum absolute atomic E-state index is 0.292. The second-order valence-electron chi connectivity index (χ2n) is 4.63. The molecule has 0 amide bonds. The SMILES string of the molecule is COC(=O)c1cc(Nc2nc(C3CC3)cs2)ncc1N. The maximum absolute atomic E-state index is 11.6. The van der Waals surface area contributed by atoms with Crippen molar-refractivity contribution in [2.75, 3.05) is 18.2 Å². The van der Waals surface area contributed by atoms with E-state index < -0.39 is 5.97 Å². The third-order valence-corrected chi connectivity index (χ3v) is 3.87. The Labute approximate surface area is 120 Å². The highest BCUT2D eigenvalue weighted by Crippen LogP contribution is 2.41. The van der Waals surface area contributed by atoms with Gasteiger partial charge in [-0.2, -0.15) is 0 Å². The van der Waals surface area contributed by atoms with Gasteiger partial charge in [0.1, 0.15) is 5.82 Å². The third kappa shape index (κ3) is 2.57. The molecule has 0 aromatic carbocycles. The molecule has 0 saturated heterocycles. The molecular formula is C13H14N4O2S. The molecule has 0 radical (unpaired) electrons. The lowest BCUT2D eigenvalue weighted by molar-refractivity contribution is 0.0602. The molecule has 2 aromatic heterocycles. The van der Waals surface area contributed by atoms with Crippen molar-refractivity contribution in [3.63, 3.8) is 0 Å². The van der Waals surface area contributed by atoms with Crippen LogP contribution in [0, 0.1) is 0 Å². The fraction of sp³-hybridized carbons (Fsp3) is 0.308. The number of hydrogen-bond donors (Lipinski definition) is 2. The number of esters is 1. The maximum Gasteiger partial charge on any atom is 0.340 e. The third-order valence-electron chi connectivity index (χ3n) is 3.09. The molecule has 2 aromatic rings. The van der Waals surface area contributed by atoms with Gasteiger partial charge < -0.3 is 15.8 Å². The van der Waals surface area contributed by atoms with Gasteiger partial charge in [0, 0.05) is 11.3 Å². The van der Waals surface area contributed by atoms with Crippen LogP contribution in [-0.2, 0) is 4.74 Å². The molecule has 3 N–H and O–H groups in total. The van der Waals surface area contributed by atoms with Gasteiger partial charge in [-0.15, -0.1) is 11.3 Å². The number of thiazole rings is 1. The van der Waals surface area contributed by atoms with Crippen molar-refractivity contribution in [3.8, 4) is 0 Å². The van der Waals surface area contributed by atoms with E-state index in [2.05, 4.69) is 25.4 Å². The van der Waals surface area contributed by atoms with Gasteiger partial charge in [-0.25, -0.2) is 14.8 Å². The molecule has 2 heterocycles. The van der Waals surface area contributed by atoms with Crippen LogP contribution in [0.15, 0.2) is 17.6 Å². The summed E-state index contributed by atoms with van der Waals surface area (Å²) in [6.45, 7) is 0. The first-order valence-corrected chi connectivity index (χ1v) is 7.11. The first-order valence-electron chi connectivity index (χ1n) is 6.23. The molecule has 1 aliphatic carbocycles. The summed E-state index contributed by atoms with van der Waals surface area (Å²) < 4.78 is 4.68. The zero-order valence-corrected chi connectivity index (χ0v) is 11.7. The molecule has 20 heavy (non-hydrogen) atoms. The fourth-order valence-electron chi connectivity index (χ4n) is 1.84. The minimum atomic E-state index is -0.481. The highest BCUT2D eigenvalue weighted by molar-refractivity contribution is 7.13. The van der Waals surface area contributed by atoms with Crippen LogP contribution in [0.1, 0.15) is 34.8 Å². The number of rotatable bonds is 4. The number of nitrogens with one attached hydrogen (secondary N) is 1. The quantitative estimate of drug-likeness (QED) is 0.841. The molecule has 0 atom stereocenters. The van der Waals surface area contributed by atoms with Crippen LogP contribution in [-0.4, -0.2) is 23.0 Å². The number of hydrogen-bond acceptors (Lipinski definition) is 7. The van der Waals surface area contributed by atoms with E-state index in [1.54, 1.807) is 6.07 Å². The number of ether oxygens (including phenoxy) is 1. The number of methoxy groups -OCH3 is 1. The summed E-state index contributed by atoms with van der Waals surface area (Å²) in [6, 6.07) is 1.57. The van der Waals surface area contributed by atoms with Gasteiger partial charge in [0.25, 0.3) is 0 Å². The van der Waals surface area contributed by atoms with E-state index in [1.807, 2.05) is 0 Å². The molecule has 104 valence electrons. The standard InChI is InChI=1S/C13H14N4O2S/c1-19-12(18)8-4-11(15-5-9(8)14)17-13-16-10(6-20-13)7-2-3-7/h4-7H,2-3,14H2,1H3,(H,15,16,17). The van der Waals surface area contributed by atoms with Crippen molar-refractivity contribution in [3.05, 3.63) is 28.9 Å². The van der Waals surface area contributed by atoms with Crippen LogP contribution >= 0.6 is 11.3 Å². The van der Waals surface area contributed by atoms with Crippen molar-refractivity contribution >= 4 is 33.9 Å². The van der Waals surface area contributed by atoms with Crippen molar-refractivity contribution in [2.45, 2.75) is 18.8 Å². The van der Waals surface area contributed by atoms with E-state index in [4.69, 9.17) is 5.73 Å². The summed E-state index contributed by atoms with van der Waals surface area (Å²) in [4.78, 5) is 20.2. The first kappa shape index (κ1) is 12.9. The van der Waals surface area contributed by atoms with Crippen LogP contribution < -0.4 is 11.1 Å². The summed E-state index contributed by atoms with van der Waals surface area (Å²) in [6.07, 6.45) is 3.87. The average Bonchev–Trinajstić information content (AvgIpc) is 3.21. The molecule has 1 aliphatic rings. The Morgan fingerprint density at radius 2 is 2.35 bits per heavy atom. The number of aromatic nitrogens is 2. The van der Waals surface area contributed by atoms with Crippen LogP contribution in [0.3, 0.4) is 0 Å². The number of nitrogens with two attached hydrogens (primary N) is 1. The van der Waals surface area contributed by atoms with E-state index >= 15 is 0 Å². The second kappa shape index (κ2) is 5.09. The number of nitrogen functional groups attached to an aromatic ring is 1. The number of anilines is 3. The molecule has 1 saturated carbocycles. The van der Waals surface area contributed by atoms with E-state index in [9.17, 15) is 4.79 Å². The lowest BCUT2D eigenvalue weighted by Gasteiger charge is -2.06. The molecule has 6 nitrogen and oxygen atoms in total. The van der Waals surface area contributed by atoms with Gasteiger partial charge >= 0.3 is 5.97 Å². The predicted molar refractivity (Wildman–Crippen MR) is 77.4 cm³/mol. The number of pyridine rings is 1. The highest BCUT2D eigenvalue weighted by Gasteiger charge is 2.26. The molecule has 0 unspecified atom stereocenters. The average molecular weight is 290 g/mol. The molecule has 3 rings (SSSR count). The van der Waals surface area contributed by atoms with Gasteiger partial charge in [-0.3, -0.25) is 0 Å². The lowest BCUT2D eigenvalue weighted by atomic mass is 10.2. The van der Waals surface area contributed by atoms with Crippen molar-refractivity contribution in [1.82, 2.24) is 9.97 Å². The number of carbonyl (C=O) groups is 1. The molecular weight excluding hydrogens is 276 g/mol.